The Morgan fingerprint density at radius 1 is 1.23 bits per heavy atom. The summed E-state index contributed by atoms with van der Waals surface area (Å²) < 4.78 is 22.7. The highest BCUT2D eigenvalue weighted by Crippen LogP contribution is 2.34. The normalized spacial score (nSPS) is 25.1. The number of nitrogens with zero attached hydrogens (tertiary/aromatic N) is 5. The molecule has 9 nitrogen and oxygen atoms in total. The van der Waals surface area contributed by atoms with E-state index < -0.39 is 11.9 Å². The lowest BCUT2D eigenvalue weighted by atomic mass is 10.00. The molecule has 35 heavy (non-hydrogen) atoms. The Morgan fingerprint density at radius 2 is 2.03 bits per heavy atom. The van der Waals surface area contributed by atoms with E-state index in [1.807, 2.05) is 24.5 Å². The molecule has 11 heteroatoms. The molecule has 2 aliphatic heterocycles. The van der Waals surface area contributed by atoms with Gasteiger partial charge in [-0.3, -0.25) is 4.90 Å². The van der Waals surface area contributed by atoms with Crippen LogP contribution in [-0.2, 0) is 4.74 Å². The van der Waals surface area contributed by atoms with Gasteiger partial charge in [0.25, 0.3) is 0 Å². The lowest BCUT2D eigenvalue weighted by molar-refractivity contribution is -0.0136. The van der Waals surface area contributed by atoms with Gasteiger partial charge in [0.05, 0.1) is 47.2 Å². The summed E-state index contributed by atoms with van der Waals surface area (Å²) >= 11 is 6.45. The fourth-order valence-electron chi connectivity index (χ4n) is 4.74. The molecule has 0 saturated carbocycles. The van der Waals surface area contributed by atoms with Gasteiger partial charge >= 0.3 is 0 Å². The Labute approximate surface area is 208 Å². The molecule has 2 aliphatic rings. The number of nitrogens with one attached hydrogen (secondary N) is 2. The van der Waals surface area contributed by atoms with Crippen molar-refractivity contribution in [2.24, 2.45) is 0 Å². The summed E-state index contributed by atoms with van der Waals surface area (Å²) in [5.41, 5.74) is 1.91. The minimum absolute atomic E-state index is 0.0540. The van der Waals surface area contributed by atoms with Crippen LogP contribution in [0.4, 0.5) is 16.3 Å². The summed E-state index contributed by atoms with van der Waals surface area (Å²) in [7, 11) is 2.08. The van der Waals surface area contributed by atoms with E-state index in [1.165, 1.54) is 12.3 Å². The second kappa shape index (κ2) is 9.50. The van der Waals surface area contributed by atoms with E-state index in [1.54, 1.807) is 0 Å². The largest absolute Gasteiger partial charge is 0.389 e. The number of rotatable bonds is 6. The predicted octanol–water partition coefficient (Wildman–Crippen LogP) is 3.54. The number of fused-ring (bicyclic) bond motifs is 1. The topological polar surface area (TPSA) is 100 Å². The van der Waals surface area contributed by atoms with E-state index >= 15 is 4.39 Å². The second-order valence-corrected chi connectivity index (χ2v) is 10.1. The third kappa shape index (κ3) is 4.55. The zero-order chi connectivity index (χ0) is 24.9. The molecule has 0 aliphatic carbocycles. The minimum Gasteiger partial charge on any atom is -0.389 e. The highest BCUT2D eigenvalue weighted by Gasteiger charge is 2.34. The quantitative estimate of drug-likeness (QED) is 0.469. The van der Waals surface area contributed by atoms with E-state index in [-0.39, 0.29) is 24.7 Å². The second-order valence-electron chi connectivity index (χ2n) is 9.73. The van der Waals surface area contributed by atoms with Crippen LogP contribution in [0.15, 0.2) is 18.3 Å². The molecule has 1 aromatic carbocycles. The molecule has 0 spiro atoms. The van der Waals surface area contributed by atoms with Crippen LogP contribution in [0.5, 0.6) is 0 Å². The summed E-state index contributed by atoms with van der Waals surface area (Å²) in [6.45, 7) is 7.96. The number of ether oxygens (including phenoxy) is 1. The molecule has 4 heterocycles. The third-order valence-electron chi connectivity index (χ3n) is 7.00. The van der Waals surface area contributed by atoms with Crippen molar-refractivity contribution in [3.05, 3.63) is 29.2 Å². The van der Waals surface area contributed by atoms with E-state index in [0.29, 0.717) is 58.3 Å². The van der Waals surface area contributed by atoms with Gasteiger partial charge in [-0.15, -0.1) is 0 Å². The summed E-state index contributed by atoms with van der Waals surface area (Å²) in [5.74, 6) is 0.530. The number of halogens is 2. The Balaban J connectivity index is 1.51. The van der Waals surface area contributed by atoms with Crippen LogP contribution in [0.2, 0.25) is 5.02 Å². The van der Waals surface area contributed by atoms with E-state index in [2.05, 4.69) is 44.5 Å². The number of hydrogen-bond donors (Lipinski definition) is 3. The maximum Gasteiger partial charge on any atom is 0.223 e. The summed E-state index contributed by atoms with van der Waals surface area (Å²) in [6.07, 6.45) is 1.45. The number of anilines is 2. The standard InChI is InChI=1S/C24H31ClFN7O2/c1-12(2)33-19-8-14(7-16(26)22(19)31-24(33)29-18-10-32(4)13(18)3)21-15(25)9-27-23(30-21)28-17-5-6-35-11-20(17)34/h7-9,12-13,17-18,20,34H,5-6,10-11H2,1-4H3,(H,29,31)(H,27,28,30)/t13-,17+,18+,20+/m0/s1. The van der Waals surface area contributed by atoms with Crippen LogP contribution in [0.1, 0.15) is 33.2 Å². The van der Waals surface area contributed by atoms with Crippen molar-refractivity contribution in [2.75, 3.05) is 37.4 Å². The Morgan fingerprint density at radius 3 is 2.71 bits per heavy atom. The van der Waals surface area contributed by atoms with Gasteiger partial charge in [0, 0.05) is 30.8 Å². The van der Waals surface area contributed by atoms with Crippen molar-refractivity contribution in [3.8, 4) is 11.3 Å². The molecular formula is C24H31ClFN7O2. The molecule has 4 atom stereocenters. The van der Waals surface area contributed by atoms with Gasteiger partial charge in [0.2, 0.25) is 11.9 Å². The average molecular weight is 504 g/mol. The molecular weight excluding hydrogens is 473 g/mol. The lowest BCUT2D eigenvalue weighted by Crippen LogP contribution is -2.60. The number of hydrogen-bond acceptors (Lipinski definition) is 8. The van der Waals surface area contributed by atoms with Crippen molar-refractivity contribution in [1.29, 1.82) is 0 Å². The van der Waals surface area contributed by atoms with Crippen molar-refractivity contribution >= 4 is 34.5 Å². The summed E-state index contributed by atoms with van der Waals surface area (Å²) in [4.78, 5) is 15.7. The number of imidazole rings is 1. The van der Waals surface area contributed by atoms with Gasteiger partial charge in [-0.2, -0.15) is 0 Å². The maximum absolute atomic E-state index is 15.4. The van der Waals surface area contributed by atoms with E-state index in [0.717, 1.165) is 6.54 Å². The molecule has 3 aromatic rings. The van der Waals surface area contributed by atoms with Crippen LogP contribution in [0, 0.1) is 5.82 Å². The number of aliphatic hydroxyl groups excluding tert-OH is 1. The van der Waals surface area contributed by atoms with Crippen molar-refractivity contribution in [1.82, 2.24) is 24.4 Å². The van der Waals surface area contributed by atoms with Gasteiger partial charge < -0.3 is 25.0 Å². The van der Waals surface area contributed by atoms with Crippen LogP contribution in [-0.4, -0.2) is 80.6 Å². The number of likely N-dealkylation sites (N-methyl/N-ethyl adjacent to an activating group) is 1. The van der Waals surface area contributed by atoms with Crippen LogP contribution >= 0.6 is 11.6 Å². The first-order valence-electron chi connectivity index (χ1n) is 12.0. The lowest BCUT2D eigenvalue weighted by Gasteiger charge is -2.44. The van der Waals surface area contributed by atoms with Gasteiger partial charge in [-0.1, -0.05) is 11.6 Å². The van der Waals surface area contributed by atoms with Crippen molar-refractivity contribution in [3.63, 3.8) is 0 Å². The SMILES string of the molecule is CC(C)n1c(N[C@@H]2CN(C)[C@H]2C)nc2c(F)cc(-c3nc(N[C@@H]4CCOC[C@H]4O)ncc3Cl)cc21. The van der Waals surface area contributed by atoms with Gasteiger partial charge in [-0.05, 0) is 46.4 Å². The maximum atomic E-state index is 15.4. The fraction of sp³-hybridized carbons (Fsp3) is 0.542. The summed E-state index contributed by atoms with van der Waals surface area (Å²) in [6, 6.07) is 3.72. The monoisotopic (exact) mass is 503 g/mol. The van der Waals surface area contributed by atoms with Gasteiger partial charge in [0.15, 0.2) is 5.82 Å². The molecule has 0 radical (unpaired) electrons. The molecule has 0 amide bonds. The minimum atomic E-state index is -0.662. The zero-order valence-electron chi connectivity index (χ0n) is 20.3. The highest BCUT2D eigenvalue weighted by molar-refractivity contribution is 6.33. The van der Waals surface area contributed by atoms with Gasteiger partial charge in [-0.25, -0.2) is 19.3 Å². The van der Waals surface area contributed by atoms with Crippen molar-refractivity contribution < 1.29 is 14.2 Å². The van der Waals surface area contributed by atoms with Crippen LogP contribution in [0.25, 0.3) is 22.3 Å². The molecule has 3 N–H and O–H groups in total. The molecule has 2 saturated heterocycles. The third-order valence-corrected chi connectivity index (χ3v) is 7.28. The Bertz CT molecular complexity index is 1240. The van der Waals surface area contributed by atoms with E-state index in [9.17, 15) is 5.11 Å². The molecule has 2 aromatic heterocycles. The first kappa shape index (κ1) is 24.2. The predicted molar refractivity (Wildman–Crippen MR) is 134 cm³/mol. The molecule has 0 bridgehead atoms. The number of aliphatic hydroxyl groups is 1. The van der Waals surface area contributed by atoms with Crippen LogP contribution in [0.3, 0.4) is 0 Å². The smallest absolute Gasteiger partial charge is 0.223 e. The number of aromatic nitrogens is 4. The number of likely N-dealkylation sites (tertiary alicyclic amines) is 1. The zero-order valence-corrected chi connectivity index (χ0v) is 21.1. The fourth-order valence-corrected chi connectivity index (χ4v) is 4.94. The molecule has 5 rings (SSSR count). The first-order chi connectivity index (χ1) is 16.7. The Hall–Kier alpha value is -2.53. The van der Waals surface area contributed by atoms with Gasteiger partial charge in [0.1, 0.15) is 5.52 Å². The van der Waals surface area contributed by atoms with Crippen molar-refractivity contribution in [2.45, 2.75) is 57.5 Å². The highest BCUT2D eigenvalue weighted by atomic mass is 35.5. The Kier molecular flexibility index (Phi) is 6.56. The molecule has 188 valence electrons. The number of benzene rings is 1. The first-order valence-corrected chi connectivity index (χ1v) is 12.3. The molecule has 2 fully saturated rings. The van der Waals surface area contributed by atoms with E-state index in [4.69, 9.17) is 16.3 Å². The summed E-state index contributed by atoms with van der Waals surface area (Å²) in [5, 5.41) is 17.2. The molecule has 0 unspecified atom stereocenters. The van der Waals surface area contributed by atoms with Crippen LogP contribution < -0.4 is 10.6 Å². The average Bonchev–Trinajstić information content (AvgIpc) is 3.20.